The van der Waals surface area contributed by atoms with Crippen LogP contribution in [0.15, 0.2) is 70.9 Å². The van der Waals surface area contributed by atoms with Crippen molar-refractivity contribution >= 4 is 26.8 Å². The molecule has 1 aromatic carbocycles. The predicted molar refractivity (Wildman–Crippen MR) is 150 cm³/mol. The molecule has 0 bridgehead atoms. The lowest BCUT2D eigenvalue weighted by Gasteiger charge is -2.14. The molecule has 0 aliphatic heterocycles. The summed E-state index contributed by atoms with van der Waals surface area (Å²) in [6.07, 6.45) is 6.63. The molecule has 1 aliphatic carbocycles. The zero-order valence-corrected chi connectivity index (χ0v) is 22.8. The molecule has 4 aromatic heterocycles. The Balaban J connectivity index is 1.43. The van der Waals surface area contributed by atoms with E-state index in [4.69, 9.17) is 4.98 Å². The molecule has 1 saturated carbocycles. The molecule has 0 atom stereocenters. The second kappa shape index (κ2) is 10.2. The van der Waals surface area contributed by atoms with Crippen LogP contribution in [-0.4, -0.2) is 48.6 Å². The number of hydrogen-bond donors (Lipinski definition) is 1. The molecule has 0 amide bonds. The van der Waals surface area contributed by atoms with E-state index in [2.05, 4.69) is 30.2 Å². The third-order valence-electron chi connectivity index (χ3n) is 6.84. The summed E-state index contributed by atoms with van der Waals surface area (Å²) in [7, 11) is -3.35. The highest BCUT2D eigenvalue weighted by molar-refractivity contribution is 7.91. The molecule has 0 spiro atoms. The SMILES string of the molecule is CCS(=O)(=O)c1ccc(CNc2nc3cnc(-c4c(C)ncnc4C4CC4)nc3n(-c3ccccc3)c2=O)nc1. The average molecular weight is 555 g/mol. The molecule has 1 fully saturated rings. The summed E-state index contributed by atoms with van der Waals surface area (Å²) in [5.41, 5.74) is 4.08. The Morgan fingerprint density at radius 1 is 0.975 bits per heavy atom. The van der Waals surface area contributed by atoms with Gasteiger partial charge in [0.25, 0.3) is 5.56 Å². The van der Waals surface area contributed by atoms with Crippen molar-refractivity contribution in [1.29, 1.82) is 0 Å². The van der Waals surface area contributed by atoms with E-state index in [1.807, 2.05) is 37.3 Å². The van der Waals surface area contributed by atoms with Crippen LogP contribution in [0, 0.1) is 6.92 Å². The summed E-state index contributed by atoms with van der Waals surface area (Å²) >= 11 is 0. The molecule has 5 aromatic rings. The minimum absolute atomic E-state index is 0.00510. The van der Waals surface area contributed by atoms with Crippen LogP contribution in [0.1, 0.15) is 42.8 Å². The molecule has 4 heterocycles. The van der Waals surface area contributed by atoms with E-state index in [9.17, 15) is 13.2 Å². The monoisotopic (exact) mass is 554 g/mol. The van der Waals surface area contributed by atoms with Gasteiger partial charge in [0, 0.05) is 12.1 Å². The van der Waals surface area contributed by atoms with E-state index in [-0.39, 0.29) is 23.0 Å². The molecule has 0 radical (unpaired) electrons. The molecule has 202 valence electrons. The first kappa shape index (κ1) is 25.7. The van der Waals surface area contributed by atoms with Crippen LogP contribution in [-0.2, 0) is 16.4 Å². The Bertz CT molecular complexity index is 1890. The van der Waals surface area contributed by atoms with Crippen LogP contribution in [0.25, 0.3) is 28.2 Å². The van der Waals surface area contributed by atoms with Crippen molar-refractivity contribution in [3.8, 4) is 17.1 Å². The van der Waals surface area contributed by atoms with Crippen LogP contribution in [0.2, 0.25) is 0 Å². The first-order chi connectivity index (χ1) is 19.4. The Kier molecular flexibility index (Phi) is 6.54. The smallest absolute Gasteiger partial charge is 0.299 e. The molecule has 0 unspecified atom stereocenters. The summed E-state index contributed by atoms with van der Waals surface area (Å²) < 4.78 is 25.7. The van der Waals surface area contributed by atoms with Crippen molar-refractivity contribution in [3.05, 3.63) is 88.6 Å². The summed E-state index contributed by atoms with van der Waals surface area (Å²) in [5.74, 6) is 0.902. The Morgan fingerprint density at radius 2 is 1.77 bits per heavy atom. The van der Waals surface area contributed by atoms with Gasteiger partial charge in [0.2, 0.25) is 0 Å². The zero-order chi connectivity index (χ0) is 27.9. The molecule has 12 heteroatoms. The second-order valence-electron chi connectivity index (χ2n) is 9.57. The minimum atomic E-state index is -3.35. The lowest BCUT2D eigenvalue weighted by atomic mass is 10.1. The largest absolute Gasteiger partial charge is 0.360 e. The topological polar surface area (TPSA) is 146 Å². The molecule has 6 rings (SSSR count). The van der Waals surface area contributed by atoms with Crippen LogP contribution >= 0.6 is 0 Å². The van der Waals surface area contributed by atoms with Gasteiger partial charge in [-0.25, -0.2) is 33.3 Å². The van der Waals surface area contributed by atoms with E-state index in [0.29, 0.717) is 34.3 Å². The summed E-state index contributed by atoms with van der Waals surface area (Å²) in [6, 6.07) is 12.3. The number of hydrogen-bond acceptors (Lipinski definition) is 10. The summed E-state index contributed by atoms with van der Waals surface area (Å²) in [5, 5.41) is 3.06. The van der Waals surface area contributed by atoms with Crippen molar-refractivity contribution in [3.63, 3.8) is 0 Å². The van der Waals surface area contributed by atoms with Gasteiger partial charge in [-0.3, -0.25) is 14.3 Å². The lowest BCUT2D eigenvalue weighted by Crippen LogP contribution is -2.25. The van der Waals surface area contributed by atoms with Gasteiger partial charge in [-0.2, -0.15) is 0 Å². The highest BCUT2D eigenvalue weighted by atomic mass is 32.2. The fraction of sp³-hybridized carbons (Fsp3) is 0.250. The zero-order valence-electron chi connectivity index (χ0n) is 21.9. The molecule has 1 N–H and O–H groups in total. The number of pyridine rings is 1. The molecule has 11 nitrogen and oxygen atoms in total. The maximum atomic E-state index is 13.8. The van der Waals surface area contributed by atoms with Gasteiger partial charge in [0.1, 0.15) is 11.8 Å². The van der Waals surface area contributed by atoms with Gasteiger partial charge < -0.3 is 5.32 Å². The number of nitrogens with zero attached hydrogens (tertiary/aromatic N) is 7. The lowest BCUT2D eigenvalue weighted by molar-refractivity contribution is 0.596. The van der Waals surface area contributed by atoms with Crippen LogP contribution in [0.5, 0.6) is 0 Å². The number of rotatable bonds is 8. The van der Waals surface area contributed by atoms with Gasteiger partial charge in [-0.1, -0.05) is 25.1 Å². The first-order valence-corrected chi connectivity index (χ1v) is 14.6. The normalized spacial score (nSPS) is 13.4. The van der Waals surface area contributed by atoms with Gasteiger partial charge in [-0.15, -0.1) is 0 Å². The van der Waals surface area contributed by atoms with Crippen LogP contribution in [0.4, 0.5) is 5.82 Å². The quantitative estimate of drug-likeness (QED) is 0.302. The predicted octanol–water partition coefficient (Wildman–Crippen LogP) is 3.62. The fourth-order valence-electron chi connectivity index (χ4n) is 4.51. The molecule has 40 heavy (non-hydrogen) atoms. The number of aryl methyl sites for hydroxylation is 1. The van der Waals surface area contributed by atoms with Crippen molar-refractivity contribution < 1.29 is 8.42 Å². The van der Waals surface area contributed by atoms with Crippen molar-refractivity contribution in [2.75, 3.05) is 11.1 Å². The van der Waals surface area contributed by atoms with Gasteiger partial charge in [0.05, 0.1) is 51.7 Å². The Hall–Kier alpha value is -4.58. The highest BCUT2D eigenvalue weighted by Gasteiger charge is 2.30. The van der Waals surface area contributed by atoms with Crippen molar-refractivity contribution in [2.24, 2.45) is 0 Å². The molecular formula is C28H26N8O3S. The van der Waals surface area contributed by atoms with Crippen molar-refractivity contribution in [2.45, 2.75) is 44.0 Å². The van der Waals surface area contributed by atoms with E-state index in [1.54, 1.807) is 25.5 Å². The number of benzene rings is 1. The maximum Gasteiger partial charge on any atom is 0.299 e. The maximum absolute atomic E-state index is 13.8. The van der Waals surface area contributed by atoms with Gasteiger partial charge in [0.15, 0.2) is 27.1 Å². The van der Waals surface area contributed by atoms with E-state index >= 15 is 0 Å². The number of nitrogens with one attached hydrogen (secondary N) is 1. The molecular weight excluding hydrogens is 528 g/mol. The third-order valence-corrected chi connectivity index (χ3v) is 8.56. The number of para-hydroxylation sites is 1. The fourth-order valence-corrected chi connectivity index (χ4v) is 5.33. The number of anilines is 1. The summed E-state index contributed by atoms with van der Waals surface area (Å²) in [6.45, 7) is 3.66. The minimum Gasteiger partial charge on any atom is -0.360 e. The Morgan fingerprint density at radius 3 is 2.48 bits per heavy atom. The average Bonchev–Trinajstić information content (AvgIpc) is 3.82. The van der Waals surface area contributed by atoms with Crippen LogP contribution in [0.3, 0.4) is 0 Å². The molecule has 0 saturated heterocycles. The number of sulfone groups is 1. The van der Waals surface area contributed by atoms with Crippen LogP contribution < -0.4 is 10.9 Å². The van der Waals surface area contributed by atoms with Crippen molar-refractivity contribution in [1.82, 2.24) is 34.5 Å². The van der Waals surface area contributed by atoms with E-state index in [0.717, 1.165) is 29.8 Å². The van der Waals surface area contributed by atoms with E-state index in [1.165, 1.54) is 16.8 Å². The molecule has 1 aliphatic rings. The standard InChI is InChI=1S/C28H26N8O3S/c1-3-40(38,39)21-12-11-19(29-14-21)13-30-26-28(37)36(20-7-5-4-6-8-20)27-22(34-26)15-31-25(35-27)23-17(2)32-16-33-24(23)18-9-10-18/h4-8,11-12,14-16,18H,3,9-10,13H2,1-2H3,(H,30,34). The Labute approximate surface area is 230 Å². The second-order valence-corrected chi connectivity index (χ2v) is 11.9. The summed E-state index contributed by atoms with van der Waals surface area (Å²) in [4.78, 5) is 41.1. The number of aromatic nitrogens is 7. The van der Waals surface area contributed by atoms with Gasteiger partial charge >= 0.3 is 0 Å². The number of fused-ring (bicyclic) bond motifs is 1. The van der Waals surface area contributed by atoms with E-state index < -0.39 is 15.4 Å². The highest BCUT2D eigenvalue weighted by Crippen LogP contribution is 2.43. The third kappa shape index (κ3) is 4.81. The first-order valence-electron chi connectivity index (χ1n) is 12.9. The van der Waals surface area contributed by atoms with Gasteiger partial charge in [-0.05, 0) is 44.0 Å².